The quantitative estimate of drug-likeness (QED) is 0.777. The molecule has 1 heterocycles. The molecule has 1 aromatic heterocycles. The molecule has 4 aliphatic rings. The Labute approximate surface area is 102 Å². The molecular formula is C15H19NO. The van der Waals surface area contributed by atoms with Crippen molar-refractivity contribution < 1.29 is 4.79 Å². The first-order valence-corrected chi connectivity index (χ1v) is 6.93. The van der Waals surface area contributed by atoms with E-state index in [1.807, 2.05) is 12.3 Å². The van der Waals surface area contributed by atoms with Crippen LogP contribution in [0.15, 0.2) is 18.3 Å². The smallest absolute Gasteiger partial charge is 0.132 e. The van der Waals surface area contributed by atoms with Crippen LogP contribution in [0.25, 0.3) is 0 Å². The molecule has 4 fully saturated rings. The number of H-pyrrole nitrogens is 1. The highest BCUT2D eigenvalue weighted by atomic mass is 16.1. The van der Waals surface area contributed by atoms with Gasteiger partial charge < -0.3 is 9.78 Å². The van der Waals surface area contributed by atoms with Crippen molar-refractivity contribution in [3.05, 3.63) is 24.0 Å². The molecule has 0 amide bonds. The molecule has 17 heavy (non-hydrogen) atoms. The fourth-order valence-electron chi connectivity index (χ4n) is 5.26. The maximum Gasteiger partial charge on any atom is 0.132 e. The van der Waals surface area contributed by atoms with Crippen molar-refractivity contribution in [2.75, 3.05) is 0 Å². The summed E-state index contributed by atoms with van der Waals surface area (Å²) in [4.78, 5) is 15.2. The second kappa shape index (κ2) is 3.24. The van der Waals surface area contributed by atoms with Crippen molar-refractivity contribution in [1.29, 1.82) is 0 Å². The molecule has 0 unspecified atom stereocenters. The van der Waals surface area contributed by atoms with Gasteiger partial charge >= 0.3 is 0 Å². The van der Waals surface area contributed by atoms with Crippen molar-refractivity contribution in [3.8, 4) is 0 Å². The molecule has 0 atom stereocenters. The van der Waals surface area contributed by atoms with Crippen molar-refractivity contribution in [2.24, 2.45) is 23.7 Å². The van der Waals surface area contributed by atoms with Gasteiger partial charge in [0.05, 0.1) is 5.41 Å². The monoisotopic (exact) mass is 229 g/mol. The summed E-state index contributed by atoms with van der Waals surface area (Å²) in [5.74, 6) is 3.05. The second-order valence-corrected chi connectivity index (χ2v) is 6.44. The van der Waals surface area contributed by atoms with Gasteiger partial charge in [-0.1, -0.05) is 0 Å². The van der Waals surface area contributed by atoms with Crippen molar-refractivity contribution >= 4 is 6.29 Å². The maximum atomic E-state index is 11.9. The van der Waals surface area contributed by atoms with E-state index < -0.39 is 0 Å². The van der Waals surface area contributed by atoms with Crippen molar-refractivity contribution in [1.82, 2.24) is 4.98 Å². The van der Waals surface area contributed by atoms with Crippen LogP contribution in [-0.2, 0) is 10.2 Å². The van der Waals surface area contributed by atoms with E-state index in [0.717, 1.165) is 11.8 Å². The van der Waals surface area contributed by atoms with Gasteiger partial charge in [-0.05, 0) is 67.9 Å². The Balaban J connectivity index is 1.83. The first-order valence-electron chi connectivity index (χ1n) is 6.93. The zero-order valence-electron chi connectivity index (χ0n) is 10.1. The van der Waals surface area contributed by atoms with Gasteiger partial charge in [0, 0.05) is 11.9 Å². The van der Waals surface area contributed by atoms with Gasteiger partial charge in [-0.15, -0.1) is 0 Å². The highest BCUT2D eigenvalue weighted by molar-refractivity contribution is 5.70. The lowest BCUT2D eigenvalue weighted by Gasteiger charge is -2.58. The maximum absolute atomic E-state index is 11.9. The van der Waals surface area contributed by atoms with E-state index in [2.05, 4.69) is 11.1 Å². The number of aromatic amines is 1. The predicted molar refractivity (Wildman–Crippen MR) is 65.6 cm³/mol. The van der Waals surface area contributed by atoms with Crippen LogP contribution in [0.4, 0.5) is 0 Å². The number of aromatic nitrogens is 1. The normalized spacial score (nSPS) is 47.3. The topological polar surface area (TPSA) is 32.9 Å². The fourth-order valence-corrected chi connectivity index (χ4v) is 5.26. The lowest BCUT2D eigenvalue weighted by Crippen LogP contribution is -2.56. The molecular weight excluding hydrogens is 210 g/mol. The van der Waals surface area contributed by atoms with Crippen LogP contribution < -0.4 is 0 Å². The average Bonchev–Trinajstić information content (AvgIpc) is 2.83. The standard InChI is InChI=1S/C15H19NO/c17-9-15(14-2-1-3-16-14)12-5-10-4-11(7-12)8-13(15)6-10/h1-3,9-13,16H,4-8H2. The third-order valence-electron chi connectivity index (χ3n) is 5.75. The molecule has 4 bridgehead atoms. The third kappa shape index (κ3) is 1.14. The van der Waals surface area contributed by atoms with Gasteiger partial charge in [-0.3, -0.25) is 0 Å². The summed E-state index contributed by atoms with van der Waals surface area (Å²) >= 11 is 0. The third-order valence-corrected chi connectivity index (χ3v) is 5.75. The molecule has 0 aliphatic heterocycles. The van der Waals surface area contributed by atoms with Crippen LogP contribution in [-0.4, -0.2) is 11.3 Å². The first kappa shape index (κ1) is 9.93. The Morgan fingerprint density at radius 3 is 2.24 bits per heavy atom. The van der Waals surface area contributed by atoms with Crippen LogP contribution in [0.3, 0.4) is 0 Å². The Kier molecular flexibility index (Phi) is 1.89. The Morgan fingerprint density at radius 2 is 1.76 bits per heavy atom. The minimum atomic E-state index is -0.170. The number of rotatable bonds is 2. The van der Waals surface area contributed by atoms with E-state index in [-0.39, 0.29) is 5.41 Å². The van der Waals surface area contributed by atoms with E-state index >= 15 is 0 Å². The predicted octanol–water partition coefficient (Wildman–Crippen LogP) is 2.91. The molecule has 4 aliphatic carbocycles. The van der Waals surface area contributed by atoms with Crippen LogP contribution in [0.1, 0.15) is 37.8 Å². The molecule has 2 heteroatoms. The number of hydrogen-bond acceptors (Lipinski definition) is 1. The summed E-state index contributed by atoms with van der Waals surface area (Å²) in [6.45, 7) is 0. The summed E-state index contributed by atoms with van der Waals surface area (Å²) in [5.41, 5.74) is 1.01. The largest absolute Gasteiger partial charge is 0.364 e. The molecule has 0 saturated heterocycles. The van der Waals surface area contributed by atoms with E-state index in [9.17, 15) is 4.79 Å². The lowest BCUT2D eigenvalue weighted by atomic mass is 9.45. The summed E-state index contributed by atoms with van der Waals surface area (Å²) in [6.07, 6.45) is 9.81. The Hall–Kier alpha value is -1.05. The number of carbonyl (C=O) groups excluding carboxylic acids is 1. The van der Waals surface area contributed by atoms with E-state index in [1.54, 1.807) is 0 Å². The molecule has 0 radical (unpaired) electrons. The Morgan fingerprint density at radius 1 is 1.12 bits per heavy atom. The van der Waals surface area contributed by atoms with Crippen LogP contribution in [0.2, 0.25) is 0 Å². The summed E-state index contributed by atoms with van der Waals surface area (Å²) in [7, 11) is 0. The Bertz CT molecular complexity index is 406. The molecule has 2 nitrogen and oxygen atoms in total. The molecule has 5 rings (SSSR count). The molecule has 1 aromatic rings. The SMILES string of the molecule is O=CC1(c2ccc[nH]2)C2CC3CC(C2)CC1C3. The highest BCUT2D eigenvalue weighted by Crippen LogP contribution is 2.61. The van der Waals surface area contributed by atoms with Gasteiger partial charge in [0.2, 0.25) is 0 Å². The minimum Gasteiger partial charge on any atom is -0.364 e. The number of aldehydes is 1. The van der Waals surface area contributed by atoms with E-state index in [1.165, 1.54) is 44.1 Å². The number of nitrogens with one attached hydrogen (secondary N) is 1. The van der Waals surface area contributed by atoms with Gasteiger partial charge in [0.25, 0.3) is 0 Å². The molecule has 90 valence electrons. The number of hydrogen-bond donors (Lipinski definition) is 1. The average molecular weight is 229 g/mol. The fraction of sp³-hybridized carbons (Fsp3) is 0.667. The van der Waals surface area contributed by atoms with Gasteiger partial charge in [0.15, 0.2) is 0 Å². The summed E-state index contributed by atoms with van der Waals surface area (Å²) in [6, 6.07) is 4.16. The molecule has 0 aromatic carbocycles. The van der Waals surface area contributed by atoms with Crippen molar-refractivity contribution in [3.63, 3.8) is 0 Å². The zero-order valence-corrected chi connectivity index (χ0v) is 10.1. The van der Waals surface area contributed by atoms with Gasteiger partial charge in [-0.25, -0.2) is 0 Å². The highest BCUT2D eigenvalue weighted by Gasteiger charge is 2.58. The lowest BCUT2D eigenvalue weighted by molar-refractivity contribution is -0.129. The molecule has 4 saturated carbocycles. The van der Waals surface area contributed by atoms with Gasteiger partial charge in [-0.2, -0.15) is 0 Å². The zero-order chi connectivity index (χ0) is 11.5. The van der Waals surface area contributed by atoms with Crippen LogP contribution in [0.5, 0.6) is 0 Å². The van der Waals surface area contributed by atoms with Crippen LogP contribution in [0, 0.1) is 23.7 Å². The second-order valence-electron chi connectivity index (χ2n) is 6.44. The van der Waals surface area contributed by atoms with E-state index in [0.29, 0.717) is 11.8 Å². The van der Waals surface area contributed by atoms with Gasteiger partial charge in [0.1, 0.15) is 6.29 Å². The molecule has 0 spiro atoms. The van der Waals surface area contributed by atoms with Crippen LogP contribution >= 0.6 is 0 Å². The first-order chi connectivity index (χ1) is 8.33. The summed E-state index contributed by atoms with van der Waals surface area (Å²) in [5, 5.41) is 0. The van der Waals surface area contributed by atoms with E-state index in [4.69, 9.17) is 0 Å². The van der Waals surface area contributed by atoms with Crippen molar-refractivity contribution in [2.45, 2.75) is 37.5 Å². The minimum absolute atomic E-state index is 0.170. The summed E-state index contributed by atoms with van der Waals surface area (Å²) < 4.78 is 0. The molecule has 1 N–H and O–H groups in total. The number of carbonyl (C=O) groups is 1.